The summed E-state index contributed by atoms with van der Waals surface area (Å²) in [6.07, 6.45) is -0.142. The van der Waals surface area contributed by atoms with Gasteiger partial charge in [0.05, 0.1) is 16.8 Å². The van der Waals surface area contributed by atoms with Crippen LogP contribution in [0, 0.1) is 5.82 Å². The van der Waals surface area contributed by atoms with Crippen LogP contribution in [0.2, 0.25) is 5.02 Å². The maximum Gasteiger partial charge on any atom is 0.287 e. The van der Waals surface area contributed by atoms with Crippen molar-refractivity contribution in [1.82, 2.24) is 5.32 Å². The van der Waals surface area contributed by atoms with E-state index in [0.717, 1.165) is 0 Å². The maximum atomic E-state index is 13.9. The first-order chi connectivity index (χ1) is 12.3. The van der Waals surface area contributed by atoms with Crippen LogP contribution in [0.3, 0.4) is 0 Å². The van der Waals surface area contributed by atoms with E-state index in [1.807, 2.05) is 6.92 Å². The third-order valence-electron chi connectivity index (χ3n) is 3.96. The van der Waals surface area contributed by atoms with Crippen LogP contribution in [0.5, 0.6) is 0 Å². The number of halogens is 2. The van der Waals surface area contributed by atoms with E-state index in [1.54, 1.807) is 25.3 Å². The van der Waals surface area contributed by atoms with E-state index in [1.165, 1.54) is 18.2 Å². The molecular weight excluding hydrogens is 381 g/mol. The number of sulfonamides is 1. The highest BCUT2D eigenvalue weighted by atomic mass is 35.5. The fourth-order valence-electron chi connectivity index (χ4n) is 2.52. The Labute approximate surface area is 156 Å². The highest BCUT2D eigenvalue weighted by Crippen LogP contribution is 2.39. The summed E-state index contributed by atoms with van der Waals surface area (Å²) in [7, 11) is -2.36. The van der Waals surface area contributed by atoms with Crippen molar-refractivity contribution in [1.29, 1.82) is 0 Å². The normalized spacial score (nSPS) is 16.2. The number of guanidine groups is 1. The predicted octanol–water partition coefficient (Wildman–Crippen LogP) is 3.24. The summed E-state index contributed by atoms with van der Waals surface area (Å²) in [4.78, 5) is 0.000618. The van der Waals surface area contributed by atoms with Gasteiger partial charge < -0.3 is 15.4 Å². The zero-order valence-electron chi connectivity index (χ0n) is 14.1. The first-order valence-electron chi connectivity index (χ1n) is 7.79. The first kappa shape index (κ1) is 18.6. The Morgan fingerprint density at radius 2 is 1.96 bits per heavy atom. The lowest BCUT2D eigenvalue weighted by Gasteiger charge is -2.23. The monoisotopic (exact) mass is 397 g/mol. The third-order valence-corrected chi connectivity index (χ3v) is 5.66. The van der Waals surface area contributed by atoms with Crippen molar-refractivity contribution in [3.05, 3.63) is 47.2 Å². The van der Waals surface area contributed by atoms with Crippen LogP contribution >= 0.6 is 11.6 Å². The Morgan fingerprint density at radius 1 is 1.27 bits per heavy atom. The molecule has 0 fully saturated rings. The van der Waals surface area contributed by atoms with E-state index >= 15 is 0 Å². The Hall–Kier alpha value is -2.16. The Balaban J connectivity index is 2.07. The SMILES string of the molecule is COC(C)CNC1=NS(=O)(=O)c2cccc(-c3cccc(F)c3Cl)c2N1. The lowest BCUT2D eigenvalue weighted by molar-refractivity contribution is 0.121. The molecule has 0 spiro atoms. The molecule has 0 aliphatic carbocycles. The summed E-state index contributed by atoms with van der Waals surface area (Å²) in [5, 5.41) is 5.79. The number of hydrogen-bond acceptors (Lipinski definition) is 5. The molecule has 0 bridgehead atoms. The van der Waals surface area contributed by atoms with Crippen LogP contribution in [0.1, 0.15) is 6.92 Å². The number of para-hydroxylation sites is 1. The topological polar surface area (TPSA) is 79.8 Å². The molecule has 2 aromatic rings. The molecule has 1 heterocycles. The zero-order chi connectivity index (χ0) is 18.9. The molecule has 9 heteroatoms. The van der Waals surface area contributed by atoms with Crippen molar-refractivity contribution in [2.75, 3.05) is 19.0 Å². The Bertz CT molecular complexity index is 979. The minimum Gasteiger partial charge on any atom is -0.380 e. The van der Waals surface area contributed by atoms with Crippen LogP contribution in [-0.4, -0.2) is 34.1 Å². The van der Waals surface area contributed by atoms with Crippen molar-refractivity contribution < 1.29 is 17.5 Å². The van der Waals surface area contributed by atoms with Gasteiger partial charge in [0.1, 0.15) is 10.7 Å². The molecule has 6 nitrogen and oxygen atoms in total. The lowest BCUT2D eigenvalue weighted by Crippen LogP contribution is -2.39. The van der Waals surface area contributed by atoms with Gasteiger partial charge in [0.25, 0.3) is 10.0 Å². The first-order valence-corrected chi connectivity index (χ1v) is 9.61. The van der Waals surface area contributed by atoms with Gasteiger partial charge in [0.15, 0.2) is 0 Å². The van der Waals surface area contributed by atoms with Gasteiger partial charge in [0, 0.05) is 24.8 Å². The van der Waals surface area contributed by atoms with Gasteiger partial charge in [0.2, 0.25) is 5.96 Å². The van der Waals surface area contributed by atoms with E-state index in [9.17, 15) is 12.8 Å². The molecule has 26 heavy (non-hydrogen) atoms. The van der Waals surface area contributed by atoms with Gasteiger partial charge >= 0.3 is 0 Å². The summed E-state index contributed by atoms with van der Waals surface area (Å²) in [5.74, 6) is -0.511. The van der Waals surface area contributed by atoms with E-state index in [2.05, 4.69) is 15.0 Å². The van der Waals surface area contributed by atoms with Gasteiger partial charge in [-0.25, -0.2) is 4.39 Å². The molecule has 1 aliphatic heterocycles. The fraction of sp³-hybridized carbons (Fsp3) is 0.235. The predicted molar refractivity (Wildman–Crippen MR) is 99.6 cm³/mol. The van der Waals surface area contributed by atoms with E-state index < -0.39 is 15.8 Å². The molecule has 0 saturated heterocycles. The summed E-state index contributed by atoms with van der Waals surface area (Å²) in [5.41, 5.74) is 1.14. The van der Waals surface area contributed by atoms with Crippen LogP contribution in [-0.2, 0) is 14.8 Å². The van der Waals surface area contributed by atoms with Gasteiger partial charge in [-0.15, -0.1) is 4.40 Å². The molecule has 1 aliphatic rings. The van der Waals surface area contributed by atoms with Crippen molar-refractivity contribution in [2.45, 2.75) is 17.9 Å². The molecule has 138 valence electrons. The highest BCUT2D eigenvalue weighted by molar-refractivity contribution is 7.90. The molecule has 2 N–H and O–H groups in total. The summed E-state index contributed by atoms with van der Waals surface area (Å²) in [6, 6.07) is 9.05. The average Bonchev–Trinajstić information content (AvgIpc) is 2.61. The second-order valence-corrected chi connectivity index (χ2v) is 7.70. The Kier molecular flexibility index (Phi) is 5.17. The van der Waals surface area contributed by atoms with Crippen LogP contribution < -0.4 is 10.6 Å². The smallest absolute Gasteiger partial charge is 0.287 e. The van der Waals surface area contributed by atoms with Gasteiger partial charge in [-0.2, -0.15) is 8.42 Å². The van der Waals surface area contributed by atoms with Crippen molar-refractivity contribution >= 4 is 33.3 Å². The van der Waals surface area contributed by atoms with Crippen LogP contribution in [0.25, 0.3) is 11.1 Å². The van der Waals surface area contributed by atoms with Crippen molar-refractivity contribution in [2.24, 2.45) is 4.40 Å². The number of methoxy groups -OCH3 is 1. The van der Waals surface area contributed by atoms with Gasteiger partial charge in [-0.3, -0.25) is 0 Å². The van der Waals surface area contributed by atoms with Gasteiger partial charge in [-0.1, -0.05) is 35.9 Å². The van der Waals surface area contributed by atoms with E-state index in [4.69, 9.17) is 16.3 Å². The highest BCUT2D eigenvalue weighted by Gasteiger charge is 2.28. The second-order valence-electron chi connectivity index (χ2n) is 5.75. The maximum absolute atomic E-state index is 13.9. The molecule has 0 aromatic heterocycles. The minimum absolute atomic E-state index is 0.000618. The van der Waals surface area contributed by atoms with Crippen LogP contribution in [0.15, 0.2) is 45.7 Å². The number of nitrogens with one attached hydrogen (secondary N) is 2. The molecule has 0 radical (unpaired) electrons. The number of anilines is 1. The lowest BCUT2D eigenvalue weighted by atomic mass is 10.0. The van der Waals surface area contributed by atoms with E-state index in [0.29, 0.717) is 23.4 Å². The molecule has 1 unspecified atom stereocenters. The Morgan fingerprint density at radius 3 is 2.69 bits per heavy atom. The van der Waals surface area contributed by atoms with E-state index in [-0.39, 0.29) is 22.0 Å². The second kappa shape index (κ2) is 7.22. The molecule has 3 rings (SSSR count). The number of ether oxygens (including phenoxy) is 1. The number of benzene rings is 2. The third kappa shape index (κ3) is 3.53. The number of nitrogens with zero attached hydrogens (tertiary/aromatic N) is 1. The standard InChI is InChI=1S/C17H17ClFN3O3S/c1-10(25-2)9-20-17-21-16-12(11-5-3-7-13(19)15(11)18)6-4-8-14(16)26(23,24)22-17/h3-8,10H,9H2,1-2H3,(H2,20,21,22). The summed E-state index contributed by atoms with van der Waals surface area (Å²) < 4.78 is 47.8. The quantitative estimate of drug-likeness (QED) is 0.827. The fourth-order valence-corrected chi connectivity index (χ4v) is 3.87. The average molecular weight is 398 g/mol. The molecular formula is C17H17ClFN3O3S. The van der Waals surface area contributed by atoms with Crippen molar-refractivity contribution in [3.8, 4) is 11.1 Å². The van der Waals surface area contributed by atoms with Crippen molar-refractivity contribution in [3.63, 3.8) is 0 Å². The van der Waals surface area contributed by atoms with Crippen LogP contribution in [0.4, 0.5) is 10.1 Å². The molecule has 2 aromatic carbocycles. The number of rotatable bonds is 4. The number of fused-ring (bicyclic) bond motifs is 1. The largest absolute Gasteiger partial charge is 0.380 e. The summed E-state index contributed by atoms with van der Waals surface area (Å²) >= 11 is 6.08. The minimum atomic E-state index is -3.91. The molecule has 0 saturated carbocycles. The van der Waals surface area contributed by atoms with Gasteiger partial charge in [-0.05, 0) is 19.1 Å². The summed E-state index contributed by atoms with van der Waals surface area (Å²) in [6.45, 7) is 2.19. The number of hydrogen-bond donors (Lipinski definition) is 2. The molecule has 0 amide bonds. The molecule has 1 atom stereocenters. The zero-order valence-corrected chi connectivity index (χ0v) is 15.7.